The molecule has 1 aliphatic rings. The Kier molecular flexibility index (Phi) is 14.4. The minimum atomic E-state index is -2.24. The van der Waals surface area contributed by atoms with E-state index in [0.29, 0.717) is 49.7 Å². The van der Waals surface area contributed by atoms with Gasteiger partial charge in [0.05, 0.1) is 33.0 Å². The fourth-order valence-corrected chi connectivity index (χ4v) is 12.9. The zero-order chi connectivity index (χ0) is 35.3. The summed E-state index contributed by atoms with van der Waals surface area (Å²) in [7, 11) is -2.24. The summed E-state index contributed by atoms with van der Waals surface area (Å²) in [5.41, 5.74) is 5.54. The summed E-state index contributed by atoms with van der Waals surface area (Å²) in [6.07, 6.45) is -2.77. The number of hydrogen-bond acceptors (Lipinski definition) is 6. The van der Waals surface area contributed by atoms with Gasteiger partial charge in [-0.25, -0.2) is 0 Å². The van der Waals surface area contributed by atoms with Crippen LogP contribution in [-0.2, 0) is 54.5 Å². The molecule has 6 nitrogen and oxygen atoms in total. The molecule has 268 valence electrons. The van der Waals surface area contributed by atoms with Crippen LogP contribution in [0.5, 0.6) is 0 Å². The molecule has 0 aliphatic carbocycles. The maximum Gasteiger partial charge on any atom is 0.200 e. The van der Waals surface area contributed by atoms with Crippen LogP contribution in [0.3, 0.4) is 0 Å². The van der Waals surface area contributed by atoms with Crippen molar-refractivity contribution < 1.29 is 28.1 Å². The lowest BCUT2D eigenvalue weighted by Gasteiger charge is -2.48. The van der Waals surface area contributed by atoms with Crippen LogP contribution >= 0.6 is 0 Å². The molecule has 0 bridgehead atoms. The third-order valence-corrected chi connectivity index (χ3v) is 16.0. The molecular formula is C43H56O6Si. The van der Waals surface area contributed by atoms with Crippen LogP contribution in [-0.4, -0.2) is 45.6 Å². The molecule has 2 unspecified atom stereocenters. The van der Waals surface area contributed by atoms with Gasteiger partial charge in [-0.2, -0.15) is 0 Å². The van der Waals surface area contributed by atoms with Crippen molar-refractivity contribution in [3.63, 3.8) is 0 Å². The van der Waals surface area contributed by atoms with E-state index in [-0.39, 0.29) is 0 Å². The first-order valence-corrected chi connectivity index (χ1v) is 20.3. The van der Waals surface area contributed by atoms with E-state index in [1.54, 1.807) is 0 Å². The summed E-state index contributed by atoms with van der Waals surface area (Å²) < 4.78 is 41.4. The third kappa shape index (κ3) is 10.0. The van der Waals surface area contributed by atoms with Gasteiger partial charge in [-0.3, -0.25) is 0 Å². The molecule has 1 fully saturated rings. The molecule has 7 heteroatoms. The molecule has 5 rings (SSSR count). The quantitative estimate of drug-likeness (QED) is 0.0966. The summed E-state index contributed by atoms with van der Waals surface area (Å²) >= 11 is 0. The summed E-state index contributed by atoms with van der Waals surface area (Å²) in [6, 6.07) is 40.9. The average molecular weight is 697 g/mol. The normalized spacial score (nSPS) is 21.3. The largest absolute Gasteiger partial charge is 0.413 e. The Morgan fingerprint density at radius 3 is 1.18 bits per heavy atom. The van der Waals surface area contributed by atoms with Gasteiger partial charge in [0.2, 0.25) is 0 Å². The molecule has 4 aromatic rings. The van der Waals surface area contributed by atoms with Crippen molar-refractivity contribution in [3.05, 3.63) is 144 Å². The first kappa shape index (κ1) is 38.1. The van der Waals surface area contributed by atoms with Crippen molar-refractivity contribution in [3.8, 4) is 0 Å². The van der Waals surface area contributed by atoms with E-state index in [9.17, 15) is 0 Å². The molecule has 0 N–H and O–H groups in total. The molecule has 0 saturated carbocycles. The molecule has 1 saturated heterocycles. The standard InChI is InChI=1S/C43H56O6Si/c1-32(2)50(33(3)4,34(5)6)48-31-39-40(44-27-35-19-11-7-12-20-35)41(45-28-36-21-13-8-14-22-36)42(46-29-37-23-15-9-16-24-37)43(49-39)47-30-38-25-17-10-18-26-38/h7-26,32-34,39-43H,27-31H2,1-6H3/t39?,40-,41+,42?,43+/m0/s1. The molecule has 1 aliphatic heterocycles. The van der Waals surface area contributed by atoms with Gasteiger partial charge < -0.3 is 28.1 Å². The van der Waals surface area contributed by atoms with Crippen LogP contribution < -0.4 is 0 Å². The zero-order valence-corrected chi connectivity index (χ0v) is 31.7. The minimum Gasteiger partial charge on any atom is -0.413 e. The predicted molar refractivity (Wildman–Crippen MR) is 202 cm³/mol. The van der Waals surface area contributed by atoms with E-state index in [2.05, 4.69) is 90.1 Å². The van der Waals surface area contributed by atoms with Crippen LogP contribution in [0.15, 0.2) is 121 Å². The Morgan fingerprint density at radius 2 is 0.800 bits per heavy atom. The molecule has 5 atom stereocenters. The van der Waals surface area contributed by atoms with Crippen LogP contribution in [0.2, 0.25) is 16.6 Å². The van der Waals surface area contributed by atoms with Crippen molar-refractivity contribution in [1.82, 2.24) is 0 Å². The number of hydrogen-bond donors (Lipinski definition) is 0. The van der Waals surface area contributed by atoms with Crippen LogP contribution in [0.25, 0.3) is 0 Å². The van der Waals surface area contributed by atoms with Crippen molar-refractivity contribution in [1.29, 1.82) is 0 Å². The van der Waals surface area contributed by atoms with Gasteiger partial charge in [0.1, 0.15) is 24.4 Å². The van der Waals surface area contributed by atoms with Gasteiger partial charge in [-0.15, -0.1) is 0 Å². The van der Waals surface area contributed by atoms with Crippen molar-refractivity contribution >= 4 is 8.32 Å². The summed E-state index contributed by atoms with van der Waals surface area (Å²) in [5, 5.41) is 0. The molecular weight excluding hydrogens is 641 g/mol. The van der Waals surface area contributed by atoms with E-state index in [0.717, 1.165) is 22.3 Å². The number of benzene rings is 4. The fraction of sp³-hybridized carbons (Fsp3) is 0.442. The lowest BCUT2D eigenvalue weighted by Crippen LogP contribution is -2.62. The van der Waals surface area contributed by atoms with Crippen molar-refractivity contribution in [2.75, 3.05) is 6.61 Å². The topological polar surface area (TPSA) is 55.4 Å². The van der Waals surface area contributed by atoms with Gasteiger partial charge >= 0.3 is 0 Å². The summed E-state index contributed by atoms with van der Waals surface area (Å²) in [5.74, 6) is 0. The van der Waals surface area contributed by atoms with Crippen LogP contribution in [0.1, 0.15) is 63.8 Å². The van der Waals surface area contributed by atoms with E-state index in [1.807, 2.05) is 72.8 Å². The van der Waals surface area contributed by atoms with E-state index < -0.39 is 39.0 Å². The van der Waals surface area contributed by atoms with E-state index in [1.165, 1.54) is 0 Å². The highest BCUT2D eigenvalue weighted by Gasteiger charge is 2.51. The summed E-state index contributed by atoms with van der Waals surface area (Å²) in [4.78, 5) is 0. The Bertz CT molecular complexity index is 1480. The van der Waals surface area contributed by atoms with Crippen LogP contribution in [0.4, 0.5) is 0 Å². The van der Waals surface area contributed by atoms with Gasteiger partial charge in [-0.05, 0) is 38.9 Å². The average Bonchev–Trinajstić information content (AvgIpc) is 3.13. The number of rotatable bonds is 18. The fourth-order valence-electron chi connectivity index (χ4n) is 7.49. The van der Waals surface area contributed by atoms with Crippen LogP contribution in [0, 0.1) is 0 Å². The van der Waals surface area contributed by atoms with Gasteiger partial charge in [-0.1, -0.05) is 163 Å². The molecule has 1 heterocycles. The summed E-state index contributed by atoms with van der Waals surface area (Å²) in [6.45, 7) is 15.8. The van der Waals surface area contributed by atoms with E-state index >= 15 is 0 Å². The third-order valence-electron chi connectivity index (χ3n) is 9.91. The predicted octanol–water partition coefficient (Wildman–Crippen LogP) is 9.88. The van der Waals surface area contributed by atoms with Gasteiger partial charge in [0, 0.05) is 0 Å². The number of ether oxygens (including phenoxy) is 5. The highest BCUT2D eigenvalue weighted by Crippen LogP contribution is 2.43. The highest BCUT2D eigenvalue weighted by atomic mass is 28.4. The Hall–Kier alpha value is -3.14. The first-order chi connectivity index (χ1) is 24.3. The molecule has 50 heavy (non-hydrogen) atoms. The molecule has 0 spiro atoms. The second kappa shape index (κ2) is 18.9. The Morgan fingerprint density at radius 1 is 0.460 bits per heavy atom. The second-order valence-electron chi connectivity index (χ2n) is 14.3. The SMILES string of the molecule is CC(C)[Si](OCC1O[C@@H](OCc2ccccc2)C(OCc2ccccc2)[C@H](OCc2ccccc2)[C@H]1OCc1ccccc1)(C(C)C)C(C)C. The van der Waals surface area contributed by atoms with Gasteiger partial charge in [0.15, 0.2) is 14.6 Å². The lowest BCUT2D eigenvalue weighted by atomic mass is 9.97. The Labute approximate surface area is 301 Å². The molecule has 0 radical (unpaired) electrons. The van der Waals surface area contributed by atoms with Crippen molar-refractivity contribution in [2.24, 2.45) is 0 Å². The maximum absolute atomic E-state index is 7.20. The zero-order valence-electron chi connectivity index (χ0n) is 30.7. The molecule has 0 aromatic heterocycles. The second-order valence-corrected chi connectivity index (χ2v) is 19.7. The molecule has 0 amide bonds. The smallest absolute Gasteiger partial charge is 0.200 e. The maximum atomic E-state index is 7.20. The highest BCUT2D eigenvalue weighted by molar-refractivity contribution is 6.77. The minimum absolute atomic E-state index is 0.369. The molecule has 4 aromatic carbocycles. The van der Waals surface area contributed by atoms with E-state index in [4.69, 9.17) is 28.1 Å². The lowest BCUT2D eigenvalue weighted by molar-refractivity contribution is -0.328. The monoisotopic (exact) mass is 696 g/mol. The van der Waals surface area contributed by atoms with Gasteiger partial charge in [0.25, 0.3) is 0 Å². The first-order valence-electron chi connectivity index (χ1n) is 18.2. The van der Waals surface area contributed by atoms with Crippen molar-refractivity contribution in [2.45, 2.75) is 115 Å². The Balaban J connectivity index is 1.52.